The fourth-order valence-corrected chi connectivity index (χ4v) is 1.77. The third-order valence-corrected chi connectivity index (χ3v) is 3.94. The first-order valence-corrected chi connectivity index (χ1v) is 6.57. The summed E-state index contributed by atoms with van der Waals surface area (Å²) in [6.07, 6.45) is 3.43. The second kappa shape index (κ2) is 4.72. The lowest BCUT2D eigenvalue weighted by atomic mass is 10.00. The van der Waals surface area contributed by atoms with Crippen molar-refractivity contribution < 1.29 is 0 Å². The van der Waals surface area contributed by atoms with Crippen LogP contribution < -0.4 is 16.2 Å². The SMILES string of the molecule is CCC(C)(C)N(C)c1cc(NN)nc(C2CC2)n1. The second-order valence-corrected chi connectivity index (χ2v) is 5.61. The zero-order valence-electron chi connectivity index (χ0n) is 11.7. The minimum atomic E-state index is 0.0705. The first-order chi connectivity index (χ1) is 8.47. The van der Waals surface area contributed by atoms with Crippen molar-refractivity contribution in [2.24, 2.45) is 5.84 Å². The summed E-state index contributed by atoms with van der Waals surface area (Å²) in [7, 11) is 2.07. The van der Waals surface area contributed by atoms with Crippen LogP contribution in [0.2, 0.25) is 0 Å². The Morgan fingerprint density at radius 3 is 2.61 bits per heavy atom. The van der Waals surface area contributed by atoms with Crippen LogP contribution in [0, 0.1) is 0 Å². The van der Waals surface area contributed by atoms with Gasteiger partial charge in [0.2, 0.25) is 0 Å². The van der Waals surface area contributed by atoms with E-state index in [1.807, 2.05) is 6.07 Å². The lowest BCUT2D eigenvalue weighted by Gasteiger charge is -2.36. The molecule has 0 unspecified atom stereocenters. The topological polar surface area (TPSA) is 67.1 Å². The van der Waals surface area contributed by atoms with Crippen LogP contribution in [-0.2, 0) is 0 Å². The molecular formula is C13H23N5. The number of hydrogen-bond donors (Lipinski definition) is 2. The minimum Gasteiger partial charge on any atom is -0.354 e. The zero-order valence-corrected chi connectivity index (χ0v) is 11.7. The number of nitrogens with two attached hydrogens (primary N) is 1. The van der Waals surface area contributed by atoms with E-state index in [-0.39, 0.29) is 5.54 Å². The smallest absolute Gasteiger partial charge is 0.145 e. The summed E-state index contributed by atoms with van der Waals surface area (Å²) in [4.78, 5) is 11.3. The highest BCUT2D eigenvalue weighted by Gasteiger charge is 2.29. The first-order valence-electron chi connectivity index (χ1n) is 6.57. The van der Waals surface area contributed by atoms with Crippen LogP contribution in [0.4, 0.5) is 11.6 Å². The van der Waals surface area contributed by atoms with Gasteiger partial charge in [0, 0.05) is 24.6 Å². The first kappa shape index (κ1) is 13.1. The molecular weight excluding hydrogens is 226 g/mol. The molecule has 0 amide bonds. The molecule has 0 spiro atoms. The Balaban J connectivity index is 2.34. The molecule has 5 nitrogen and oxygen atoms in total. The van der Waals surface area contributed by atoms with Crippen LogP contribution in [0.25, 0.3) is 0 Å². The van der Waals surface area contributed by atoms with Crippen LogP contribution in [0.15, 0.2) is 6.07 Å². The number of nitrogens with one attached hydrogen (secondary N) is 1. The highest BCUT2D eigenvalue weighted by molar-refractivity contribution is 5.50. The fraction of sp³-hybridized carbons (Fsp3) is 0.692. The number of rotatable bonds is 5. The average molecular weight is 249 g/mol. The van der Waals surface area contributed by atoms with Crippen molar-refractivity contribution >= 4 is 11.6 Å². The summed E-state index contributed by atoms with van der Waals surface area (Å²) in [5.74, 6) is 8.56. The van der Waals surface area contributed by atoms with Crippen LogP contribution in [-0.4, -0.2) is 22.6 Å². The third kappa shape index (κ3) is 2.56. The number of hydrogen-bond acceptors (Lipinski definition) is 5. The molecule has 0 radical (unpaired) electrons. The Labute approximate surface area is 109 Å². The van der Waals surface area contributed by atoms with E-state index in [4.69, 9.17) is 5.84 Å². The summed E-state index contributed by atoms with van der Waals surface area (Å²) >= 11 is 0. The van der Waals surface area contributed by atoms with Crippen molar-refractivity contribution in [1.82, 2.24) is 9.97 Å². The Bertz CT molecular complexity index is 425. The largest absolute Gasteiger partial charge is 0.354 e. The third-order valence-electron chi connectivity index (χ3n) is 3.94. The van der Waals surface area contributed by atoms with E-state index in [0.717, 1.165) is 18.1 Å². The Morgan fingerprint density at radius 2 is 2.11 bits per heavy atom. The summed E-state index contributed by atoms with van der Waals surface area (Å²) in [6.45, 7) is 6.60. The van der Waals surface area contributed by atoms with E-state index in [1.165, 1.54) is 12.8 Å². The monoisotopic (exact) mass is 249 g/mol. The quantitative estimate of drug-likeness (QED) is 0.619. The molecule has 1 heterocycles. The van der Waals surface area contributed by atoms with E-state index < -0.39 is 0 Å². The molecule has 1 aromatic rings. The molecule has 1 aliphatic rings. The molecule has 0 bridgehead atoms. The molecule has 0 aromatic carbocycles. The Morgan fingerprint density at radius 1 is 1.44 bits per heavy atom. The lowest BCUT2D eigenvalue weighted by molar-refractivity contribution is 0.466. The van der Waals surface area contributed by atoms with E-state index in [9.17, 15) is 0 Å². The zero-order chi connectivity index (χ0) is 13.3. The standard InChI is InChI=1S/C13H23N5/c1-5-13(2,3)18(4)11-8-10(17-14)15-12(16-11)9-6-7-9/h8-9H,5-7,14H2,1-4H3,(H,15,16,17). The van der Waals surface area contributed by atoms with Crippen LogP contribution in [0.5, 0.6) is 0 Å². The molecule has 0 saturated heterocycles. The molecule has 2 rings (SSSR count). The van der Waals surface area contributed by atoms with E-state index in [0.29, 0.717) is 11.7 Å². The predicted molar refractivity (Wildman–Crippen MR) is 74.6 cm³/mol. The highest BCUT2D eigenvalue weighted by atomic mass is 15.3. The number of hydrazine groups is 1. The molecule has 18 heavy (non-hydrogen) atoms. The Hall–Kier alpha value is -1.36. The molecule has 1 aromatic heterocycles. The van der Waals surface area contributed by atoms with Crippen LogP contribution in [0.1, 0.15) is 51.8 Å². The van der Waals surface area contributed by atoms with Crippen molar-refractivity contribution in [3.63, 3.8) is 0 Å². The summed E-state index contributed by atoms with van der Waals surface area (Å²) in [5.41, 5.74) is 2.71. The number of nitrogens with zero attached hydrogens (tertiary/aromatic N) is 3. The normalized spacial score (nSPS) is 15.6. The van der Waals surface area contributed by atoms with Gasteiger partial charge in [-0.25, -0.2) is 15.8 Å². The predicted octanol–water partition coefficient (Wildman–Crippen LogP) is 2.26. The fourth-order valence-electron chi connectivity index (χ4n) is 1.77. The van der Waals surface area contributed by atoms with Crippen LogP contribution >= 0.6 is 0 Å². The van der Waals surface area contributed by atoms with Gasteiger partial charge in [-0.1, -0.05) is 6.92 Å². The van der Waals surface area contributed by atoms with Gasteiger partial charge in [0.15, 0.2) is 0 Å². The Kier molecular flexibility index (Phi) is 3.43. The molecule has 1 fully saturated rings. The van der Waals surface area contributed by atoms with Gasteiger partial charge in [0.1, 0.15) is 17.5 Å². The van der Waals surface area contributed by atoms with Gasteiger partial charge in [0.25, 0.3) is 0 Å². The van der Waals surface area contributed by atoms with Gasteiger partial charge in [-0.2, -0.15) is 0 Å². The van der Waals surface area contributed by atoms with Gasteiger partial charge in [-0.05, 0) is 33.1 Å². The number of nitrogen functional groups attached to an aromatic ring is 1. The number of aromatic nitrogens is 2. The molecule has 5 heteroatoms. The maximum absolute atomic E-state index is 5.49. The highest BCUT2D eigenvalue weighted by Crippen LogP contribution is 2.39. The molecule has 0 atom stereocenters. The minimum absolute atomic E-state index is 0.0705. The lowest BCUT2D eigenvalue weighted by Crippen LogP contribution is -2.41. The van der Waals surface area contributed by atoms with Gasteiger partial charge in [-0.15, -0.1) is 0 Å². The van der Waals surface area contributed by atoms with Gasteiger partial charge < -0.3 is 10.3 Å². The van der Waals surface area contributed by atoms with E-state index in [1.54, 1.807) is 0 Å². The van der Waals surface area contributed by atoms with Crippen molar-refractivity contribution in [2.45, 2.75) is 51.5 Å². The van der Waals surface area contributed by atoms with Crippen molar-refractivity contribution in [3.05, 3.63) is 11.9 Å². The van der Waals surface area contributed by atoms with Crippen molar-refractivity contribution in [2.75, 3.05) is 17.4 Å². The van der Waals surface area contributed by atoms with Gasteiger partial charge >= 0.3 is 0 Å². The summed E-state index contributed by atoms with van der Waals surface area (Å²) in [5, 5.41) is 0. The molecule has 1 saturated carbocycles. The van der Waals surface area contributed by atoms with Crippen LogP contribution in [0.3, 0.4) is 0 Å². The molecule has 0 aliphatic heterocycles. The van der Waals surface area contributed by atoms with Crippen molar-refractivity contribution in [3.8, 4) is 0 Å². The van der Waals surface area contributed by atoms with E-state index >= 15 is 0 Å². The average Bonchev–Trinajstić information content (AvgIpc) is 3.21. The maximum Gasteiger partial charge on any atom is 0.145 e. The maximum atomic E-state index is 5.49. The van der Waals surface area contributed by atoms with Gasteiger partial charge in [0.05, 0.1) is 0 Å². The summed E-state index contributed by atoms with van der Waals surface area (Å²) in [6, 6.07) is 1.91. The summed E-state index contributed by atoms with van der Waals surface area (Å²) < 4.78 is 0. The van der Waals surface area contributed by atoms with Gasteiger partial charge in [-0.3, -0.25) is 0 Å². The molecule has 3 N–H and O–H groups in total. The number of anilines is 2. The molecule has 100 valence electrons. The molecule has 1 aliphatic carbocycles. The van der Waals surface area contributed by atoms with Crippen molar-refractivity contribution in [1.29, 1.82) is 0 Å². The van der Waals surface area contributed by atoms with E-state index in [2.05, 4.69) is 48.1 Å². The second-order valence-electron chi connectivity index (χ2n) is 5.61.